The molecule has 0 saturated heterocycles. The van der Waals surface area contributed by atoms with Crippen molar-refractivity contribution < 1.29 is 14.4 Å². The second-order valence-corrected chi connectivity index (χ2v) is 3.43. The van der Waals surface area contributed by atoms with Gasteiger partial charge in [0.15, 0.2) is 0 Å². The van der Waals surface area contributed by atoms with Crippen LogP contribution in [0.3, 0.4) is 0 Å². The second kappa shape index (κ2) is 4.29. The fraction of sp³-hybridized carbons (Fsp3) is 0.167. The van der Waals surface area contributed by atoms with Gasteiger partial charge < -0.3 is 9.47 Å². The normalized spacial score (nSPS) is 10.2. The summed E-state index contributed by atoms with van der Waals surface area (Å²) in [6, 6.07) is 8.42. The van der Waals surface area contributed by atoms with Crippen molar-refractivity contribution in [2.45, 2.75) is 0 Å². The predicted molar refractivity (Wildman–Crippen MR) is 63.7 cm³/mol. The van der Waals surface area contributed by atoms with Crippen LogP contribution in [0, 0.1) is 10.1 Å². The Bertz CT molecular complexity index is 580. The highest BCUT2D eigenvalue weighted by atomic mass is 16.6. The van der Waals surface area contributed by atoms with Gasteiger partial charge in [0.25, 0.3) is 0 Å². The topological polar surface area (TPSA) is 61.6 Å². The average Bonchev–Trinajstić information content (AvgIpc) is 2.36. The lowest BCUT2D eigenvalue weighted by Crippen LogP contribution is -1.95. The number of fused-ring (bicyclic) bond motifs is 1. The molecule has 0 spiro atoms. The van der Waals surface area contributed by atoms with Crippen LogP contribution < -0.4 is 9.47 Å². The van der Waals surface area contributed by atoms with Gasteiger partial charge in [0.2, 0.25) is 5.75 Å². The smallest absolute Gasteiger partial charge is 0.311 e. The number of nitro groups is 1. The van der Waals surface area contributed by atoms with Crippen LogP contribution in [0.4, 0.5) is 5.69 Å². The molecule has 17 heavy (non-hydrogen) atoms. The molecule has 0 N–H and O–H groups in total. The van der Waals surface area contributed by atoms with E-state index in [2.05, 4.69) is 0 Å². The van der Waals surface area contributed by atoms with E-state index in [0.717, 1.165) is 5.39 Å². The van der Waals surface area contributed by atoms with Crippen LogP contribution in [-0.4, -0.2) is 19.1 Å². The van der Waals surface area contributed by atoms with Crippen LogP contribution in [0.25, 0.3) is 10.8 Å². The third-order valence-electron chi connectivity index (χ3n) is 2.57. The van der Waals surface area contributed by atoms with E-state index in [1.54, 1.807) is 31.4 Å². The summed E-state index contributed by atoms with van der Waals surface area (Å²) in [5.41, 5.74) is -0.0479. The van der Waals surface area contributed by atoms with Gasteiger partial charge in [0.05, 0.1) is 19.1 Å². The minimum atomic E-state index is -0.461. The van der Waals surface area contributed by atoms with Gasteiger partial charge in [-0.15, -0.1) is 0 Å². The van der Waals surface area contributed by atoms with Gasteiger partial charge in [-0.1, -0.05) is 12.1 Å². The van der Waals surface area contributed by atoms with Crippen LogP contribution in [0.1, 0.15) is 0 Å². The summed E-state index contributed by atoms with van der Waals surface area (Å²) in [7, 11) is 2.98. The van der Waals surface area contributed by atoms with Crippen molar-refractivity contribution >= 4 is 16.5 Å². The maximum atomic E-state index is 10.9. The summed E-state index contributed by atoms with van der Waals surface area (Å²) in [4.78, 5) is 10.4. The van der Waals surface area contributed by atoms with E-state index in [-0.39, 0.29) is 11.4 Å². The van der Waals surface area contributed by atoms with Crippen molar-refractivity contribution in [1.82, 2.24) is 0 Å². The number of methoxy groups -OCH3 is 2. The first-order chi connectivity index (χ1) is 8.19. The van der Waals surface area contributed by atoms with Crippen molar-refractivity contribution in [2.75, 3.05) is 14.2 Å². The summed E-state index contributed by atoms with van der Waals surface area (Å²) >= 11 is 0. The van der Waals surface area contributed by atoms with Gasteiger partial charge in [0, 0.05) is 16.8 Å². The Balaban J connectivity index is 2.82. The predicted octanol–water partition coefficient (Wildman–Crippen LogP) is 2.77. The van der Waals surface area contributed by atoms with E-state index < -0.39 is 4.92 Å². The van der Waals surface area contributed by atoms with E-state index in [0.29, 0.717) is 11.1 Å². The van der Waals surface area contributed by atoms with Gasteiger partial charge in [-0.25, -0.2) is 0 Å². The van der Waals surface area contributed by atoms with Crippen molar-refractivity contribution in [3.8, 4) is 11.5 Å². The molecule has 2 rings (SSSR count). The molecular formula is C12H11NO4. The first-order valence-corrected chi connectivity index (χ1v) is 4.97. The Labute approximate surface area is 97.7 Å². The summed E-state index contributed by atoms with van der Waals surface area (Å²) in [5.74, 6) is 0.919. The van der Waals surface area contributed by atoms with E-state index in [4.69, 9.17) is 9.47 Å². The molecular weight excluding hydrogens is 222 g/mol. The zero-order valence-electron chi connectivity index (χ0n) is 9.47. The van der Waals surface area contributed by atoms with Gasteiger partial charge in [-0.05, 0) is 12.1 Å². The quantitative estimate of drug-likeness (QED) is 0.604. The summed E-state index contributed by atoms with van der Waals surface area (Å²) in [5, 5.41) is 12.3. The van der Waals surface area contributed by atoms with Crippen molar-refractivity contribution in [3.63, 3.8) is 0 Å². The zero-order chi connectivity index (χ0) is 12.4. The fourth-order valence-corrected chi connectivity index (χ4v) is 1.83. The molecule has 0 radical (unpaired) electrons. The monoisotopic (exact) mass is 233 g/mol. The Morgan fingerprint density at radius 2 is 1.82 bits per heavy atom. The standard InChI is InChI=1S/C12H11NO4/c1-16-11-5-3-4-9-8(11)6-7-10(13(14)15)12(9)17-2/h3-7H,1-2H3. The molecule has 88 valence electrons. The number of benzene rings is 2. The molecule has 0 heterocycles. The van der Waals surface area contributed by atoms with Crippen LogP contribution in [0.15, 0.2) is 30.3 Å². The molecule has 0 fully saturated rings. The van der Waals surface area contributed by atoms with Gasteiger partial charge >= 0.3 is 5.69 Å². The third kappa shape index (κ3) is 1.75. The lowest BCUT2D eigenvalue weighted by molar-refractivity contribution is -0.385. The van der Waals surface area contributed by atoms with Crippen LogP contribution >= 0.6 is 0 Å². The summed E-state index contributed by atoms with van der Waals surface area (Å²) in [6.07, 6.45) is 0. The fourth-order valence-electron chi connectivity index (χ4n) is 1.83. The number of nitro benzene ring substituents is 1. The molecule has 0 aliphatic heterocycles. The molecule has 2 aromatic rings. The molecule has 5 nitrogen and oxygen atoms in total. The van der Waals surface area contributed by atoms with Crippen molar-refractivity contribution in [2.24, 2.45) is 0 Å². The van der Waals surface area contributed by atoms with Crippen molar-refractivity contribution in [1.29, 1.82) is 0 Å². The average molecular weight is 233 g/mol. The lowest BCUT2D eigenvalue weighted by Gasteiger charge is -2.09. The Morgan fingerprint density at radius 3 is 2.41 bits per heavy atom. The number of rotatable bonds is 3. The molecule has 2 aromatic carbocycles. The van der Waals surface area contributed by atoms with E-state index >= 15 is 0 Å². The third-order valence-corrected chi connectivity index (χ3v) is 2.57. The number of hydrogen-bond donors (Lipinski definition) is 0. The van der Waals surface area contributed by atoms with E-state index in [1.165, 1.54) is 13.2 Å². The van der Waals surface area contributed by atoms with E-state index in [9.17, 15) is 10.1 Å². The molecule has 0 aromatic heterocycles. The highest BCUT2D eigenvalue weighted by molar-refractivity contribution is 5.96. The minimum absolute atomic E-state index is 0.0479. The molecule has 0 bridgehead atoms. The highest BCUT2D eigenvalue weighted by Gasteiger charge is 2.18. The zero-order valence-corrected chi connectivity index (χ0v) is 9.47. The van der Waals surface area contributed by atoms with Crippen LogP contribution in [0.5, 0.6) is 11.5 Å². The lowest BCUT2D eigenvalue weighted by atomic mass is 10.1. The SMILES string of the molecule is COc1cccc2c(OC)c([N+](=O)[O-])ccc12. The highest BCUT2D eigenvalue weighted by Crippen LogP contribution is 2.38. The Morgan fingerprint density at radius 1 is 1.06 bits per heavy atom. The number of ether oxygens (including phenoxy) is 2. The van der Waals surface area contributed by atoms with Crippen LogP contribution in [-0.2, 0) is 0 Å². The Hall–Kier alpha value is -2.30. The molecule has 0 unspecified atom stereocenters. The molecule has 0 amide bonds. The first-order valence-electron chi connectivity index (χ1n) is 4.97. The second-order valence-electron chi connectivity index (χ2n) is 3.43. The number of nitrogens with zero attached hydrogens (tertiary/aromatic N) is 1. The van der Waals surface area contributed by atoms with Gasteiger partial charge in [-0.3, -0.25) is 10.1 Å². The van der Waals surface area contributed by atoms with Gasteiger partial charge in [0.1, 0.15) is 5.75 Å². The van der Waals surface area contributed by atoms with Crippen molar-refractivity contribution in [3.05, 3.63) is 40.4 Å². The molecule has 0 atom stereocenters. The summed E-state index contributed by atoms with van der Waals surface area (Å²) < 4.78 is 10.3. The molecule has 0 saturated carbocycles. The Kier molecular flexibility index (Phi) is 2.82. The molecule has 0 aliphatic carbocycles. The number of hydrogen-bond acceptors (Lipinski definition) is 4. The van der Waals surface area contributed by atoms with E-state index in [1.807, 2.05) is 0 Å². The molecule has 0 aliphatic rings. The van der Waals surface area contributed by atoms with Gasteiger partial charge in [-0.2, -0.15) is 0 Å². The molecule has 5 heteroatoms. The summed E-state index contributed by atoms with van der Waals surface area (Å²) in [6.45, 7) is 0. The largest absolute Gasteiger partial charge is 0.496 e. The maximum Gasteiger partial charge on any atom is 0.311 e. The first kappa shape index (κ1) is 11.2. The minimum Gasteiger partial charge on any atom is -0.496 e. The van der Waals surface area contributed by atoms with Crippen LogP contribution in [0.2, 0.25) is 0 Å². The maximum absolute atomic E-state index is 10.9.